The Kier molecular flexibility index (Phi) is 4.43. The molecule has 1 aliphatic heterocycles. The van der Waals surface area contributed by atoms with Crippen molar-refractivity contribution in [3.8, 4) is 0 Å². The molecule has 0 saturated carbocycles. The van der Waals surface area contributed by atoms with Crippen molar-refractivity contribution in [3.63, 3.8) is 0 Å². The molecule has 1 aromatic rings. The van der Waals surface area contributed by atoms with Crippen LogP contribution >= 0.6 is 0 Å². The van der Waals surface area contributed by atoms with Crippen LogP contribution in [0.4, 0.5) is 4.79 Å². The summed E-state index contributed by atoms with van der Waals surface area (Å²) in [5.74, 6) is 0. The van der Waals surface area contributed by atoms with E-state index in [0.717, 1.165) is 18.7 Å². The van der Waals surface area contributed by atoms with Crippen LogP contribution in [0.15, 0.2) is 30.3 Å². The quantitative estimate of drug-likeness (QED) is 0.788. The second-order valence-corrected chi connectivity index (χ2v) is 6.52. The van der Waals surface area contributed by atoms with Gasteiger partial charge in [-0.15, -0.1) is 0 Å². The van der Waals surface area contributed by atoms with E-state index < -0.39 is 16.0 Å². The molecule has 1 aliphatic rings. The molecule has 0 radical (unpaired) electrons. The molecule has 2 rings (SSSR count). The molecule has 86 valence electrons. The first-order valence-corrected chi connectivity index (χ1v) is 7.55. The summed E-state index contributed by atoms with van der Waals surface area (Å²) in [6.45, 7) is 2.58. The van der Waals surface area contributed by atoms with Gasteiger partial charge < -0.3 is 0 Å². The number of ether oxygens (including phenoxy) is 1. The molecule has 0 bridgehead atoms. The van der Waals surface area contributed by atoms with Gasteiger partial charge in [0.05, 0.1) is 0 Å². The Morgan fingerprint density at radius 2 is 1.94 bits per heavy atom. The zero-order chi connectivity index (χ0) is 11.2. The van der Waals surface area contributed by atoms with E-state index in [1.807, 2.05) is 30.3 Å². The summed E-state index contributed by atoms with van der Waals surface area (Å²) in [5, 5.41) is 0. The van der Waals surface area contributed by atoms with E-state index in [-0.39, 0.29) is 4.76 Å². The van der Waals surface area contributed by atoms with Crippen LogP contribution in [0.25, 0.3) is 0 Å². The summed E-state index contributed by atoms with van der Waals surface area (Å²) in [6.07, 6.45) is 2.46. The SMILES string of the molecule is O=C(OCc1ccccc1)[AsH]N1CCCC1. The molecule has 4 heteroatoms. The summed E-state index contributed by atoms with van der Waals surface area (Å²) in [6, 6.07) is 9.83. The standard InChI is InChI=1S/C12H16AsNO2/c15-12(13-14-8-4-5-9-14)16-10-11-6-2-1-3-7-11/h1-3,6-7,13H,4-5,8-10H2. The monoisotopic (exact) mass is 281 g/mol. The number of rotatable bonds is 4. The van der Waals surface area contributed by atoms with Crippen molar-refractivity contribution in [2.45, 2.75) is 19.4 Å². The maximum absolute atomic E-state index is 11.6. The van der Waals surface area contributed by atoms with Crippen LogP contribution in [-0.4, -0.2) is 37.6 Å². The fraction of sp³-hybridized carbons (Fsp3) is 0.417. The van der Waals surface area contributed by atoms with Gasteiger partial charge in [0.1, 0.15) is 0 Å². The Bertz CT molecular complexity index is 336. The normalized spacial score (nSPS) is 17.0. The molecule has 16 heavy (non-hydrogen) atoms. The van der Waals surface area contributed by atoms with E-state index >= 15 is 0 Å². The Morgan fingerprint density at radius 3 is 2.62 bits per heavy atom. The van der Waals surface area contributed by atoms with Crippen molar-refractivity contribution in [2.75, 3.05) is 13.1 Å². The van der Waals surface area contributed by atoms with Crippen molar-refractivity contribution < 1.29 is 9.53 Å². The molecule has 1 fully saturated rings. The predicted octanol–water partition coefficient (Wildman–Crippen LogP) is 1.77. The van der Waals surface area contributed by atoms with Crippen LogP contribution < -0.4 is 0 Å². The predicted molar refractivity (Wildman–Crippen MR) is 64.6 cm³/mol. The minimum atomic E-state index is -0.705. The summed E-state index contributed by atoms with van der Waals surface area (Å²) < 4.78 is 7.54. The number of hydrogen-bond donors (Lipinski definition) is 0. The average Bonchev–Trinajstić information content (AvgIpc) is 2.81. The molecule has 0 N–H and O–H groups in total. The molecule has 1 saturated heterocycles. The van der Waals surface area contributed by atoms with Crippen LogP contribution in [0.2, 0.25) is 0 Å². The summed E-state index contributed by atoms with van der Waals surface area (Å²) in [4.78, 5) is 11.6. The average molecular weight is 281 g/mol. The molecule has 1 unspecified atom stereocenters. The van der Waals surface area contributed by atoms with Gasteiger partial charge in [0.25, 0.3) is 0 Å². The van der Waals surface area contributed by atoms with Gasteiger partial charge in [0.2, 0.25) is 0 Å². The van der Waals surface area contributed by atoms with Crippen molar-refractivity contribution >= 4 is 20.7 Å². The van der Waals surface area contributed by atoms with Crippen LogP contribution in [0.3, 0.4) is 0 Å². The molecular formula is C12H16AsNO2. The maximum atomic E-state index is 11.6. The minimum absolute atomic E-state index is 0.00533. The van der Waals surface area contributed by atoms with E-state index in [1.54, 1.807) is 0 Å². The van der Waals surface area contributed by atoms with Gasteiger partial charge in [0, 0.05) is 0 Å². The molecular weight excluding hydrogens is 265 g/mol. The molecule has 0 spiro atoms. The topological polar surface area (TPSA) is 29.5 Å². The van der Waals surface area contributed by atoms with Gasteiger partial charge in [-0.25, -0.2) is 0 Å². The molecule has 0 aromatic heterocycles. The van der Waals surface area contributed by atoms with Crippen LogP contribution in [0, 0.1) is 0 Å². The second kappa shape index (κ2) is 6.07. The number of benzene rings is 1. The Hall–Kier alpha value is -0.792. The third kappa shape index (κ3) is 3.65. The molecule has 1 aromatic carbocycles. The van der Waals surface area contributed by atoms with Gasteiger partial charge in [-0.2, -0.15) is 0 Å². The van der Waals surface area contributed by atoms with E-state index in [1.165, 1.54) is 12.8 Å². The molecule has 3 nitrogen and oxygen atoms in total. The number of carbonyl (C=O) groups is 1. The molecule has 1 heterocycles. The third-order valence-electron chi connectivity index (χ3n) is 2.57. The van der Waals surface area contributed by atoms with E-state index in [4.69, 9.17) is 4.74 Å². The van der Waals surface area contributed by atoms with Crippen LogP contribution in [0.5, 0.6) is 0 Å². The number of nitrogens with zero attached hydrogens (tertiary/aromatic N) is 1. The Balaban J connectivity index is 1.71. The van der Waals surface area contributed by atoms with Crippen molar-refractivity contribution in [1.82, 2.24) is 3.82 Å². The van der Waals surface area contributed by atoms with Crippen LogP contribution in [-0.2, 0) is 11.3 Å². The third-order valence-corrected chi connectivity index (χ3v) is 4.86. The van der Waals surface area contributed by atoms with E-state index in [9.17, 15) is 4.79 Å². The summed E-state index contributed by atoms with van der Waals surface area (Å²) >= 11 is -0.705. The molecule has 0 amide bonds. The summed E-state index contributed by atoms with van der Waals surface area (Å²) in [5.41, 5.74) is 1.06. The van der Waals surface area contributed by atoms with Gasteiger partial charge in [-0.1, -0.05) is 0 Å². The zero-order valence-corrected chi connectivity index (χ0v) is 11.3. The fourth-order valence-corrected chi connectivity index (χ4v) is 3.67. The van der Waals surface area contributed by atoms with E-state index in [0.29, 0.717) is 6.61 Å². The van der Waals surface area contributed by atoms with Gasteiger partial charge in [0.15, 0.2) is 0 Å². The van der Waals surface area contributed by atoms with Gasteiger partial charge in [-0.05, 0) is 0 Å². The van der Waals surface area contributed by atoms with Crippen molar-refractivity contribution in [3.05, 3.63) is 35.9 Å². The first kappa shape index (κ1) is 11.7. The van der Waals surface area contributed by atoms with E-state index in [2.05, 4.69) is 3.82 Å². The zero-order valence-electron chi connectivity index (χ0n) is 9.19. The van der Waals surface area contributed by atoms with Crippen molar-refractivity contribution in [2.24, 2.45) is 0 Å². The number of hydrogen-bond acceptors (Lipinski definition) is 3. The molecule has 1 atom stereocenters. The van der Waals surface area contributed by atoms with Gasteiger partial charge in [-0.3, -0.25) is 0 Å². The first-order chi connectivity index (χ1) is 7.84. The molecule has 0 aliphatic carbocycles. The first-order valence-electron chi connectivity index (χ1n) is 5.57. The second-order valence-electron chi connectivity index (χ2n) is 3.87. The fourth-order valence-electron chi connectivity index (χ4n) is 1.71. The summed E-state index contributed by atoms with van der Waals surface area (Å²) in [7, 11) is 0. The van der Waals surface area contributed by atoms with Gasteiger partial charge >= 0.3 is 103 Å². The Morgan fingerprint density at radius 1 is 1.25 bits per heavy atom. The Labute approximate surface area is 103 Å². The number of carbonyl (C=O) groups excluding carboxylic acids is 1. The van der Waals surface area contributed by atoms with Crippen molar-refractivity contribution in [1.29, 1.82) is 0 Å². The van der Waals surface area contributed by atoms with Crippen LogP contribution in [0.1, 0.15) is 18.4 Å².